The topological polar surface area (TPSA) is 36.4 Å². The molecule has 144 valence electrons. The highest BCUT2D eigenvalue weighted by Gasteiger charge is 2.49. The molecule has 1 N–H and O–H groups in total. The molecule has 2 aliphatic rings. The SMILES string of the molecule is O[C@@]1(c2ccccc2)CCN(c2cc(C(F)(F)F)ccn2)C2CCCC[C@H]21. The second kappa shape index (κ2) is 6.82. The number of hydrogen-bond donors (Lipinski definition) is 1. The number of fused-ring (bicyclic) bond motifs is 1. The van der Waals surface area contributed by atoms with Crippen molar-refractivity contribution in [3.8, 4) is 0 Å². The minimum absolute atomic E-state index is 0.00584. The number of piperidine rings is 1. The lowest BCUT2D eigenvalue weighted by Gasteiger charge is -2.53. The van der Waals surface area contributed by atoms with Crippen LogP contribution in [0, 0.1) is 5.92 Å². The largest absolute Gasteiger partial charge is 0.416 e. The van der Waals surface area contributed by atoms with E-state index in [1.165, 1.54) is 6.20 Å². The summed E-state index contributed by atoms with van der Waals surface area (Å²) in [4.78, 5) is 6.22. The van der Waals surface area contributed by atoms with E-state index in [0.29, 0.717) is 18.8 Å². The Morgan fingerprint density at radius 2 is 1.81 bits per heavy atom. The maximum absolute atomic E-state index is 13.1. The first-order chi connectivity index (χ1) is 12.9. The van der Waals surface area contributed by atoms with E-state index in [1.54, 1.807) is 0 Å². The van der Waals surface area contributed by atoms with Crippen molar-refractivity contribution in [3.05, 3.63) is 59.8 Å². The molecule has 0 spiro atoms. The Balaban J connectivity index is 1.68. The van der Waals surface area contributed by atoms with Gasteiger partial charge in [0.2, 0.25) is 0 Å². The molecule has 2 aromatic rings. The molecule has 3 atom stereocenters. The zero-order valence-corrected chi connectivity index (χ0v) is 15.0. The van der Waals surface area contributed by atoms with Gasteiger partial charge in [-0.1, -0.05) is 43.2 Å². The van der Waals surface area contributed by atoms with Crippen molar-refractivity contribution in [1.29, 1.82) is 0 Å². The van der Waals surface area contributed by atoms with Crippen molar-refractivity contribution in [1.82, 2.24) is 4.98 Å². The van der Waals surface area contributed by atoms with Gasteiger partial charge in [0, 0.05) is 24.7 Å². The summed E-state index contributed by atoms with van der Waals surface area (Å²) < 4.78 is 39.4. The number of alkyl halides is 3. The molecule has 2 fully saturated rings. The molecule has 1 unspecified atom stereocenters. The molecular formula is C21H23F3N2O. The minimum Gasteiger partial charge on any atom is -0.385 e. The maximum Gasteiger partial charge on any atom is 0.416 e. The van der Waals surface area contributed by atoms with Gasteiger partial charge in [-0.05, 0) is 37.0 Å². The molecule has 1 aliphatic carbocycles. The molecule has 1 aromatic heterocycles. The number of anilines is 1. The number of nitrogens with zero attached hydrogens (tertiary/aromatic N) is 2. The third-order valence-corrected chi connectivity index (χ3v) is 6.12. The lowest BCUT2D eigenvalue weighted by molar-refractivity contribution is -0.137. The van der Waals surface area contributed by atoms with Gasteiger partial charge in [-0.25, -0.2) is 4.98 Å². The lowest BCUT2D eigenvalue weighted by atomic mass is 9.66. The second-order valence-corrected chi connectivity index (χ2v) is 7.59. The molecule has 27 heavy (non-hydrogen) atoms. The van der Waals surface area contributed by atoms with E-state index in [1.807, 2.05) is 35.2 Å². The van der Waals surface area contributed by atoms with Crippen LogP contribution < -0.4 is 4.90 Å². The van der Waals surface area contributed by atoms with E-state index < -0.39 is 17.3 Å². The first kappa shape index (κ1) is 18.3. The molecule has 0 bridgehead atoms. The molecule has 4 rings (SSSR count). The summed E-state index contributed by atoms with van der Waals surface area (Å²) in [6, 6.07) is 11.8. The molecule has 6 heteroatoms. The molecule has 0 amide bonds. The van der Waals surface area contributed by atoms with Crippen molar-refractivity contribution < 1.29 is 18.3 Å². The summed E-state index contributed by atoms with van der Waals surface area (Å²) in [5.74, 6) is 0.343. The number of aromatic nitrogens is 1. The Kier molecular flexibility index (Phi) is 4.62. The standard InChI is InChI=1S/C21H23F3N2O/c22-21(23,24)16-10-12-25-19(14-16)26-13-11-20(27,15-6-2-1-3-7-15)17-8-4-5-9-18(17)26/h1-3,6-7,10,12,14,17-18,27H,4-5,8-9,11,13H2/t17-,18?,20-/m1/s1. The summed E-state index contributed by atoms with van der Waals surface area (Å²) in [6.45, 7) is 0.487. The number of halogens is 3. The quantitative estimate of drug-likeness (QED) is 0.821. The van der Waals surface area contributed by atoms with E-state index in [2.05, 4.69) is 4.98 Å². The van der Waals surface area contributed by atoms with Gasteiger partial charge >= 0.3 is 6.18 Å². The summed E-state index contributed by atoms with van der Waals surface area (Å²) in [6.07, 6.45) is 1.10. The Morgan fingerprint density at radius 1 is 1.07 bits per heavy atom. The first-order valence-electron chi connectivity index (χ1n) is 9.47. The van der Waals surface area contributed by atoms with E-state index in [-0.39, 0.29) is 12.0 Å². The van der Waals surface area contributed by atoms with Crippen LogP contribution in [0.5, 0.6) is 0 Å². The predicted molar refractivity (Wildman–Crippen MR) is 97.3 cm³/mol. The third kappa shape index (κ3) is 3.31. The van der Waals surface area contributed by atoms with Crippen LogP contribution in [0.4, 0.5) is 19.0 Å². The minimum atomic E-state index is -4.38. The lowest BCUT2D eigenvalue weighted by Crippen LogP contribution is -2.57. The van der Waals surface area contributed by atoms with Crippen molar-refractivity contribution in [2.24, 2.45) is 5.92 Å². The monoisotopic (exact) mass is 376 g/mol. The molecule has 0 radical (unpaired) electrons. The highest BCUT2D eigenvalue weighted by Crippen LogP contribution is 2.48. The Bertz CT molecular complexity index is 796. The van der Waals surface area contributed by atoms with Gasteiger partial charge in [0.1, 0.15) is 5.82 Å². The van der Waals surface area contributed by atoms with E-state index in [4.69, 9.17) is 0 Å². The second-order valence-electron chi connectivity index (χ2n) is 7.59. The van der Waals surface area contributed by atoms with E-state index in [0.717, 1.165) is 43.4 Å². The normalized spacial score (nSPS) is 28.7. The fraction of sp³-hybridized carbons (Fsp3) is 0.476. The Labute approximate surface area is 156 Å². The smallest absolute Gasteiger partial charge is 0.385 e. The highest BCUT2D eigenvalue weighted by atomic mass is 19.4. The molecule has 1 saturated carbocycles. The highest BCUT2D eigenvalue weighted by molar-refractivity contribution is 5.45. The first-order valence-corrected chi connectivity index (χ1v) is 9.47. The molecular weight excluding hydrogens is 353 g/mol. The van der Waals surface area contributed by atoms with Crippen LogP contribution in [0.15, 0.2) is 48.7 Å². The maximum atomic E-state index is 13.1. The molecule has 3 nitrogen and oxygen atoms in total. The zero-order chi connectivity index (χ0) is 19.1. The van der Waals surface area contributed by atoms with Crippen molar-refractivity contribution in [2.45, 2.75) is 49.9 Å². The summed E-state index contributed by atoms with van der Waals surface area (Å²) in [7, 11) is 0. The van der Waals surface area contributed by atoms with Gasteiger partial charge in [0.25, 0.3) is 0 Å². The van der Waals surface area contributed by atoms with Crippen molar-refractivity contribution >= 4 is 5.82 Å². The van der Waals surface area contributed by atoms with Crippen LogP contribution in [-0.4, -0.2) is 22.7 Å². The molecule has 1 aromatic carbocycles. The molecule has 1 saturated heterocycles. The van der Waals surface area contributed by atoms with Crippen LogP contribution in [0.3, 0.4) is 0 Å². The van der Waals surface area contributed by atoms with Crippen molar-refractivity contribution in [2.75, 3.05) is 11.4 Å². The predicted octanol–water partition coefficient (Wildman–Crippen LogP) is 4.76. The number of benzene rings is 1. The number of aliphatic hydroxyl groups is 1. The average Bonchev–Trinajstić information content (AvgIpc) is 2.69. The molecule has 1 aliphatic heterocycles. The number of pyridine rings is 1. The van der Waals surface area contributed by atoms with Crippen molar-refractivity contribution in [3.63, 3.8) is 0 Å². The van der Waals surface area contributed by atoms with E-state index in [9.17, 15) is 18.3 Å². The number of rotatable bonds is 2. The van der Waals surface area contributed by atoms with Gasteiger partial charge in [-0.3, -0.25) is 0 Å². The van der Waals surface area contributed by atoms with Gasteiger partial charge < -0.3 is 10.0 Å². The van der Waals surface area contributed by atoms with Gasteiger partial charge in [0.15, 0.2) is 0 Å². The molecule has 2 heterocycles. The van der Waals surface area contributed by atoms with Crippen LogP contribution in [0.1, 0.15) is 43.2 Å². The van der Waals surface area contributed by atoms with Gasteiger partial charge in [-0.15, -0.1) is 0 Å². The fourth-order valence-corrected chi connectivity index (χ4v) is 4.80. The Morgan fingerprint density at radius 3 is 2.56 bits per heavy atom. The van der Waals surface area contributed by atoms with Crippen LogP contribution in [0.25, 0.3) is 0 Å². The average molecular weight is 376 g/mol. The third-order valence-electron chi connectivity index (χ3n) is 6.12. The van der Waals surface area contributed by atoms with Gasteiger partial charge in [-0.2, -0.15) is 13.2 Å². The van der Waals surface area contributed by atoms with E-state index >= 15 is 0 Å². The summed E-state index contributed by atoms with van der Waals surface area (Å²) >= 11 is 0. The zero-order valence-electron chi connectivity index (χ0n) is 15.0. The summed E-state index contributed by atoms with van der Waals surface area (Å²) in [5, 5.41) is 11.6. The van der Waals surface area contributed by atoms with Crippen LogP contribution in [-0.2, 0) is 11.8 Å². The van der Waals surface area contributed by atoms with Crippen LogP contribution in [0.2, 0.25) is 0 Å². The number of hydrogen-bond acceptors (Lipinski definition) is 3. The fourth-order valence-electron chi connectivity index (χ4n) is 4.80. The van der Waals surface area contributed by atoms with Gasteiger partial charge in [0.05, 0.1) is 11.2 Å². The van der Waals surface area contributed by atoms with Crippen LogP contribution >= 0.6 is 0 Å². The summed E-state index contributed by atoms with van der Waals surface area (Å²) in [5.41, 5.74) is -0.716. The Hall–Kier alpha value is -2.08.